The molecule has 0 saturated carbocycles. The van der Waals surface area contributed by atoms with Crippen LogP contribution in [0, 0.1) is 11.6 Å². The minimum absolute atomic E-state index is 0.0133. The average molecular weight is 450 g/mol. The lowest BCUT2D eigenvalue weighted by molar-refractivity contribution is 0.201. The molecule has 1 heterocycles. The Labute approximate surface area is 160 Å². The summed E-state index contributed by atoms with van der Waals surface area (Å²) < 4.78 is 63.9. The van der Waals surface area contributed by atoms with Gasteiger partial charge in [-0.05, 0) is 6.07 Å². The Balaban J connectivity index is 2.68. The zero-order valence-corrected chi connectivity index (χ0v) is 15.9. The van der Waals surface area contributed by atoms with Gasteiger partial charge >= 0.3 is 6.09 Å². The van der Waals surface area contributed by atoms with Crippen molar-refractivity contribution in [3.63, 3.8) is 0 Å². The largest absolute Gasteiger partial charge is 0.486 e. The van der Waals surface area contributed by atoms with Gasteiger partial charge in [-0.2, -0.15) is 0 Å². The third-order valence-corrected chi connectivity index (χ3v) is 6.11. The molecule has 0 aliphatic heterocycles. The average Bonchev–Trinajstić information content (AvgIpc) is 3.01. The molecule has 0 atom stereocenters. The van der Waals surface area contributed by atoms with Crippen molar-refractivity contribution in [3.05, 3.63) is 17.7 Å². The number of hydrogen-bond donors (Lipinski definition) is 2. The molecule has 26 heavy (non-hydrogen) atoms. The van der Waals surface area contributed by atoms with E-state index >= 15 is 0 Å². The van der Waals surface area contributed by atoms with Crippen LogP contribution in [-0.2, 0) is 10.0 Å². The highest BCUT2D eigenvalue weighted by atomic mass is 35.5. The lowest BCUT2D eigenvalue weighted by atomic mass is 10.2. The van der Waals surface area contributed by atoms with Crippen molar-refractivity contribution in [2.75, 3.05) is 25.0 Å². The molecule has 2 rings (SSSR count). The second-order valence-corrected chi connectivity index (χ2v) is 8.30. The van der Waals surface area contributed by atoms with Crippen molar-refractivity contribution in [1.82, 2.24) is 4.72 Å². The van der Waals surface area contributed by atoms with Gasteiger partial charge < -0.3 is 14.6 Å². The highest BCUT2D eigenvalue weighted by Gasteiger charge is 2.28. The Hall–Kier alpha value is -1.56. The summed E-state index contributed by atoms with van der Waals surface area (Å²) in [5.41, 5.74) is 0. The monoisotopic (exact) mass is 449 g/mol. The molecule has 0 saturated heterocycles. The molecule has 1 aromatic carbocycles. The maximum Gasteiger partial charge on any atom is 0.418 e. The SMILES string of the molecule is O=C(O)NS(=O)(=O)c1cc2c(F)c(OCCCl)c(OCCCl)c(F)c2s1. The van der Waals surface area contributed by atoms with Crippen LogP contribution < -0.4 is 14.2 Å². The van der Waals surface area contributed by atoms with E-state index in [1.54, 1.807) is 0 Å². The highest BCUT2D eigenvalue weighted by Crippen LogP contribution is 2.44. The molecule has 7 nitrogen and oxygen atoms in total. The van der Waals surface area contributed by atoms with Crippen LogP contribution in [0.15, 0.2) is 10.3 Å². The van der Waals surface area contributed by atoms with Crippen LogP contribution in [0.5, 0.6) is 11.5 Å². The number of carbonyl (C=O) groups is 1. The molecule has 2 aromatic rings. The smallest absolute Gasteiger partial charge is 0.418 e. The normalized spacial score (nSPS) is 11.5. The molecule has 1 amide bonds. The Morgan fingerprint density at radius 2 is 1.69 bits per heavy atom. The first kappa shape index (κ1) is 20.7. The summed E-state index contributed by atoms with van der Waals surface area (Å²) >= 11 is 11.3. The predicted molar refractivity (Wildman–Crippen MR) is 92.5 cm³/mol. The second-order valence-electron chi connectivity index (χ2n) is 4.58. The Kier molecular flexibility index (Phi) is 6.72. The number of nitrogens with one attached hydrogen (secondary N) is 1. The number of fused-ring (bicyclic) bond motifs is 1. The summed E-state index contributed by atoms with van der Waals surface area (Å²) in [6, 6.07) is 0.808. The van der Waals surface area contributed by atoms with E-state index in [-0.39, 0.29) is 29.7 Å². The topological polar surface area (TPSA) is 102 Å². The number of alkyl halides is 2. The van der Waals surface area contributed by atoms with Crippen LogP contribution in [0.2, 0.25) is 0 Å². The van der Waals surface area contributed by atoms with Crippen molar-refractivity contribution in [1.29, 1.82) is 0 Å². The van der Waals surface area contributed by atoms with Gasteiger partial charge in [-0.3, -0.25) is 0 Å². The maximum absolute atomic E-state index is 14.8. The van der Waals surface area contributed by atoms with Gasteiger partial charge in [-0.25, -0.2) is 26.7 Å². The summed E-state index contributed by atoms with van der Waals surface area (Å²) in [7, 11) is -4.50. The minimum Gasteiger partial charge on any atom is -0.486 e. The molecule has 13 heteroatoms. The molecule has 0 aliphatic carbocycles. The molecule has 0 aliphatic rings. The molecular formula is C13H11Cl2F2NO6S2. The summed E-state index contributed by atoms with van der Waals surface area (Å²) in [6.45, 7) is -0.311. The number of ether oxygens (including phenoxy) is 2. The fraction of sp³-hybridized carbons (Fsp3) is 0.308. The molecule has 0 unspecified atom stereocenters. The van der Waals surface area contributed by atoms with E-state index in [0.717, 1.165) is 6.07 Å². The van der Waals surface area contributed by atoms with E-state index in [4.69, 9.17) is 37.8 Å². The standard InChI is InChI=1S/C13H11Cl2F2NO6S2/c14-1-3-23-10-8(16)6-5-7(26(21,22)18-13(19)20)25-12(6)9(17)11(10)24-4-2-15/h5,18H,1-4H2,(H,19,20). The van der Waals surface area contributed by atoms with Gasteiger partial charge in [0, 0.05) is 5.39 Å². The first-order valence-corrected chi connectivity index (χ1v) is 10.2. The number of amides is 1. The number of thiophene rings is 1. The Bertz CT molecular complexity index is 884. The molecule has 144 valence electrons. The van der Waals surface area contributed by atoms with Gasteiger partial charge in [0.05, 0.1) is 16.5 Å². The van der Waals surface area contributed by atoms with E-state index < -0.39 is 48.8 Å². The van der Waals surface area contributed by atoms with Gasteiger partial charge in [0.15, 0.2) is 11.6 Å². The Morgan fingerprint density at radius 1 is 1.15 bits per heavy atom. The van der Waals surface area contributed by atoms with Crippen LogP contribution in [0.1, 0.15) is 0 Å². The molecule has 2 N–H and O–H groups in total. The molecule has 0 bridgehead atoms. The molecule has 0 radical (unpaired) electrons. The van der Waals surface area contributed by atoms with E-state index in [9.17, 15) is 22.0 Å². The number of halogens is 4. The summed E-state index contributed by atoms with van der Waals surface area (Å²) in [6.07, 6.45) is -1.83. The lowest BCUT2D eigenvalue weighted by Gasteiger charge is -2.14. The van der Waals surface area contributed by atoms with E-state index in [0.29, 0.717) is 11.3 Å². The second kappa shape index (κ2) is 8.42. The number of carboxylic acid groups (broad SMARTS) is 1. The van der Waals surface area contributed by atoms with Gasteiger partial charge in [0.25, 0.3) is 10.0 Å². The lowest BCUT2D eigenvalue weighted by Crippen LogP contribution is -2.28. The van der Waals surface area contributed by atoms with Crippen molar-refractivity contribution in [3.8, 4) is 11.5 Å². The number of benzene rings is 1. The maximum atomic E-state index is 14.8. The summed E-state index contributed by atoms with van der Waals surface area (Å²) in [5, 5.41) is 8.18. The van der Waals surface area contributed by atoms with E-state index in [2.05, 4.69) is 0 Å². The van der Waals surface area contributed by atoms with E-state index in [1.165, 1.54) is 4.72 Å². The summed E-state index contributed by atoms with van der Waals surface area (Å²) in [5.74, 6) is -3.30. The fourth-order valence-corrected chi connectivity index (χ4v) is 4.35. The zero-order chi connectivity index (χ0) is 19.5. The number of rotatable bonds is 8. The van der Waals surface area contributed by atoms with Crippen molar-refractivity contribution in [2.45, 2.75) is 4.21 Å². The third-order valence-electron chi connectivity index (χ3n) is 2.88. The van der Waals surface area contributed by atoms with Crippen molar-refractivity contribution in [2.24, 2.45) is 0 Å². The highest BCUT2D eigenvalue weighted by molar-refractivity contribution is 7.92. The van der Waals surface area contributed by atoms with Crippen molar-refractivity contribution >= 4 is 60.7 Å². The first-order valence-electron chi connectivity index (χ1n) is 6.80. The van der Waals surface area contributed by atoms with Gasteiger partial charge in [-0.1, -0.05) is 0 Å². The van der Waals surface area contributed by atoms with Crippen LogP contribution in [0.25, 0.3) is 10.1 Å². The number of sulfonamides is 1. The van der Waals surface area contributed by atoms with E-state index in [1.807, 2.05) is 0 Å². The molecule has 0 fully saturated rings. The van der Waals surface area contributed by atoms with Gasteiger partial charge in [0.1, 0.15) is 17.4 Å². The van der Waals surface area contributed by atoms with Crippen LogP contribution in [0.3, 0.4) is 0 Å². The van der Waals surface area contributed by atoms with Gasteiger partial charge in [-0.15, -0.1) is 34.5 Å². The zero-order valence-electron chi connectivity index (χ0n) is 12.7. The predicted octanol–water partition coefficient (Wildman–Crippen LogP) is 3.37. The molecule has 1 aromatic heterocycles. The molecular weight excluding hydrogens is 439 g/mol. The quantitative estimate of drug-likeness (QED) is 0.598. The fourth-order valence-electron chi connectivity index (χ4n) is 1.96. The van der Waals surface area contributed by atoms with Crippen molar-refractivity contribution < 1.29 is 36.6 Å². The first-order chi connectivity index (χ1) is 12.2. The van der Waals surface area contributed by atoms with Gasteiger partial charge in [0.2, 0.25) is 11.5 Å². The molecule has 0 spiro atoms. The van der Waals surface area contributed by atoms with Crippen LogP contribution >= 0.6 is 34.5 Å². The Morgan fingerprint density at radius 3 is 2.19 bits per heavy atom. The minimum atomic E-state index is -4.50. The number of hydrogen-bond acceptors (Lipinski definition) is 6. The van der Waals surface area contributed by atoms with Crippen LogP contribution in [0.4, 0.5) is 13.6 Å². The third kappa shape index (κ3) is 4.22. The summed E-state index contributed by atoms with van der Waals surface area (Å²) in [4.78, 5) is 10.6. The van der Waals surface area contributed by atoms with Crippen LogP contribution in [-0.4, -0.2) is 44.6 Å².